The first-order valence-corrected chi connectivity index (χ1v) is 6.60. The Morgan fingerprint density at radius 1 is 1.24 bits per heavy atom. The summed E-state index contributed by atoms with van der Waals surface area (Å²) in [7, 11) is 0. The van der Waals surface area contributed by atoms with Crippen LogP contribution in [0.3, 0.4) is 0 Å². The highest BCUT2D eigenvalue weighted by atomic mass is 16.6. The molecular weight excluding hydrogens is 270 g/mol. The van der Waals surface area contributed by atoms with E-state index in [1.165, 1.54) is 0 Å². The summed E-state index contributed by atoms with van der Waals surface area (Å²) >= 11 is 0. The zero-order valence-corrected chi connectivity index (χ0v) is 12.8. The molecule has 0 aliphatic carbocycles. The van der Waals surface area contributed by atoms with Crippen molar-refractivity contribution in [3.05, 3.63) is 39.1 Å². The largest absolute Gasteiger partial charge is 0.381 e. The van der Waals surface area contributed by atoms with Gasteiger partial charge in [0.25, 0.3) is 5.69 Å². The van der Waals surface area contributed by atoms with E-state index in [1.807, 2.05) is 27.7 Å². The average Bonchev–Trinajstić information content (AvgIpc) is 2.72. The molecule has 0 radical (unpaired) electrons. The highest BCUT2D eigenvalue weighted by Gasteiger charge is 2.26. The number of hydrogen-bond donors (Lipinski definition) is 1. The van der Waals surface area contributed by atoms with Gasteiger partial charge in [-0.3, -0.25) is 10.1 Å². The molecule has 112 valence electrons. The predicted octanol–water partition coefficient (Wildman–Crippen LogP) is 2.67. The number of benzene rings is 1. The standard InChI is InChI=1S/C14H19N5O2/c1-8-7-11(19(20)21)9(2)6-10(8)18-12(14(3,4)5)13(15)16-17-18/h6-7H,15H2,1-5H3. The van der Waals surface area contributed by atoms with E-state index >= 15 is 0 Å². The molecule has 0 amide bonds. The molecule has 0 aliphatic rings. The zero-order valence-electron chi connectivity index (χ0n) is 12.8. The summed E-state index contributed by atoms with van der Waals surface area (Å²) < 4.78 is 1.67. The number of nitrogen functional groups attached to an aromatic ring is 1. The molecule has 7 nitrogen and oxygen atoms in total. The lowest BCUT2D eigenvalue weighted by Crippen LogP contribution is -2.19. The molecule has 0 saturated carbocycles. The van der Waals surface area contributed by atoms with Gasteiger partial charge in [-0.15, -0.1) is 5.10 Å². The summed E-state index contributed by atoms with van der Waals surface area (Å²) in [5.41, 5.74) is 8.66. The minimum Gasteiger partial charge on any atom is -0.381 e. The average molecular weight is 289 g/mol. The zero-order chi connectivity index (χ0) is 15.9. The fraction of sp³-hybridized carbons (Fsp3) is 0.429. The molecule has 2 rings (SSSR count). The van der Waals surface area contributed by atoms with E-state index in [1.54, 1.807) is 23.7 Å². The van der Waals surface area contributed by atoms with Crippen LogP contribution in [0.1, 0.15) is 37.6 Å². The Kier molecular flexibility index (Phi) is 3.44. The van der Waals surface area contributed by atoms with E-state index < -0.39 is 0 Å². The van der Waals surface area contributed by atoms with E-state index in [2.05, 4.69) is 10.3 Å². The molecule has 2 N–H and O–H groups in total. The monoisotopic (exact) mass is 289 g/mol. The molecule has 7 heteroatoms. The maximum absolute atomic E-state index is 11.0. The first-order valence-electron chi connectivity index (χ1n) is 6.60. The molecule has 0 aliphatic heterocycles. The fourth-order valence-electron chi connectivity index (χ4n) is 2.37. The third kappa shape index (κ3) is 2.58. The molecule has 1 heterocycles. The van der Waals surface area contributed by atoms with Gasteiger partial charge in [0.05, 0.1) is 16.3 Å². The molecule has 1 aromatic carbocycles. The summed E-state index contributed by atoms with van der Waals surface area (Å²) in [6.07, 6.45) is 0. The number of aromatic nitrogens is 3. The van der Waals surface area contributed by atoms with Crippen molar-refractivity contribution >= 4 is 11.5 Å². The second-order valence-corrected chi connectivity index (χ2v) is 6.17. The number of aryl methyl sites for hydroxylation is 2. The molecule has 0 fully saturated rings. The van der Waals surface area contributed by atoms with Gasteiger partial charge in [-0.25, -0.2) is 4.68 Å². The fourth-order valence-corrected chi connectivity index (χ4v) is 2.37. The smallest absolute Gasteiger partial charge is 0.272 e. The van der Waals surface area contributed by atoms with Crippen molar-refractivity contribution in [3.63, 3.8) is 0 Å². The number of nitro groups is 1. The summed E-state index contributed by atoms with van der Waals surface area (Å²) in [5.74, 6) is 0.373. The molecule has 0 atom stereocenters. The first kappa shape index (κ1) is 15.0. The van der Waals surface area contributed by atoms with Crippen molar-refractivity contribution in [1.29, 1.82) is 0 Å². The Morgan fingerprint density at radius 3 is 2.38 bits per heavy atom. The number of nitrogens with two attached hydrogens (primary N) is 1. The molecular formula is C14H19N5O2. The SMILES string of the molecule is Cc1cc([N+](=O)[O-])c(C)cc1-n1nnc(N)c1C(C)(C)C. The Morgan fingerprint density at radius 2 is 1.86 bits per heavy atom. The van der Waals surface area contributed by atoms with Gasteiger partial charge in [0.1, 0.15) is 0 Å². The van der Waals surface area contributed by atoms with E-state index in [9.17, 15) is 10.1 Å². The van der Waals surface area contributed by atoms with E-state index in [-0.39, 0.29) is 16.0 Å². The summed E-state index contributed by atoms with van der Waals surface area (Å²) in [6, 6.07) is 3.30. The van der Waals surface area contributed by atoms with Crippen LogP contribution in [0.2, 0.25) is 0 Å². The second kappa shape index (κ2) is 4.83. The third-order valence-corrected chi connectivity index (χ3v) is 3.35. The van der Waals surface area contributed by atoms with Crippen LogP contribution in [0, 0.1) is 24.0 Å². The molecule has 0 unspecified atom stereocenters. The van der Waals surface area contributed by atoms with Crippen molar-refractivity contribution in [2.75, 3.05) is 5.73 Å². The summed E-state index contributed by atoms with van der Waals surface area (Å²) in [6.45, 7) is 9.58. The minimum absolute atomic E-state index is 0.0987. The van der Waals surface area contributed by atoms with Gasteiger partial charge in [-0.2, -0.15) is 0 Å². The number of nitro benzene ring substituents is 1. The van der Waals surface area contributed by atoms with Crippen molar-refractivity contribution in [1.82, 2.24) is 15.0 Å². The van der Waals surface area contributed by atoms with Crippen LogP contribution in [-0.2, 0) is 5.41 Å². The Labute approximate surface area is 122 Å². The number of anilines is 1. The predicted molar refractivity (Wildman–Crippen MR) is 80.6 cm³/mol. The molecule has 21 heavy (non-hydrogen) atoms. The number of hydrogen-bond acceptors (Lipinski definition) is 5. The van der Waals surface area contributed by atoms with E-state index in [0.29, 0.717) is 11.4 Å². The van der Waals surface area contributed by atoms with Gasteiger partial charge in [-0.05, 0) is 25.5 Å². The lowest BCUT2D eigenvalue weighted by molar-refractivity contribution is -0.385. The van der Waals surface area contributed by atoms with Crippen LogP contribution in [0.25, 0.3) is 5.69 Å². The lowest BCUT2D eigenvalue weighted by Gasteiger charge is -2.21. The Balaban J connectivity index is 2.70. The second-order valence-electron chi connectivity index (χ2n) is 6.17. The lowest BCUT2D eigenvalue weighted by atomic mass is 9.91. The molecule has 2 aromatic rings. The summed E-state index contributed by atoms with van der Waals surface area (Å²) in [4.78, 5) is 10.6. The normalized spacial score (nSPS) is 11.7. The molecule has 0 spiro atoms. The van der Waals surface area contributed by atoms with Crippen molar-refractivity contribution < 1.29 is 4.92 Å². The quantitative estimate of drug-likeness (QED) is 0.676. The maximum Gasteiger partial charge on any atom is 0.272 e. The topological polar surface area (TPSA) is 99.9 Å². The molecule has 0 bridgehead atoms. The van der Waals surface area contributed by atoms with Gasteiger partial charge >= 0.3 is 0 Å². The van der Waals surface area contributed by atoms with Crippen LogP contribution in [0.15, 0.2) is 12.1 Å². The van der Waals surface area contributed by atoms with Crippen molar-refractivity contribution in [3.8, 4) is 5.69 Å². The minimum atomic E-state index is -0.382. The number of rotatable bonds is 2. The van der Waals surface area contributed by atoms with Crippen LogP contribution >= 0.6 is 0 Å². The third-order valence-electron chi connectivity index (χ3n) is 3.35. The van der Waals surface area contributed by atoms with Crippen molar-refractivity contribution in [2.45, 2.75) is 40.0 Å². The van der Waals surface area contributed by atoms with Crippen LogP contribution in [0.5, 0.6) is 0 Å². The maximum atomic E-state index is 11.0. The number of nitrogens with zero attached hydrogens (tertiary/aromatic N) is 4. The molecule has 1 aromatic heterocycles. The summed E-state index contributed by atoms with van der Waals surface area (Å²) in [5, 5.41) is 19.0. The van der Waals surface area contributed by atoms with Crippen LogP contribution in [0.4, 0.5) is 11.5 Å². The Hall–Kier alpha value is -2.44. The Bertz CT molecular complexity index is 713. The van der Waals surface area contributed by atoms with E-state index in [0.717, 1.165) is 16.9 Å². The van der Waals surface area contributed by atoms with Gasteiger partial charge in [0.15, 0.2) is 5.82 Å². The van der Waals surface area contributed by atoms with E-state index in [4.69, 9.17) is 5.73 Å². The van der Waals surface area contributed by atoms with Gasteiger partial charge in [0.2, 0.25) is 0 Å². The van der Waals surface area contributed by atoms with Gasteiger partial charge < -0.3 is 5.73 Å². The van der Waals surface area contributed by atoms with Gasteiger partial charge in [0, 0.05) is 17.0 Å². The highest BCUT2D eigenvalue weighted by molar-refractivity contribution is 5.55. The highest BCUT2D eigenvalue weighted by Crippen LogP contribution is 2.31. The van der Waals surface area contributed by atoms with Crippen LogP contribution in [-0.4, -0.2) is 19.9 Å². The first-order chi connectivity index (χ1) is 9.62. The molecule has 0 saturated heterocycles. The van der Waals surface area contributed by atoms with Crippen molar-refractivity contribution in [2.24, 2.45) is 0 Å². The van der Waals surface area contributed by atoms with Crippen LogP contribution < -0.4 is 5.73 Å². The van der Waals surface area contributed by atoms with Gasteiger partial charge in [-0.1, -0.05) is 26.0 Å².